The third-order valence-corrected chi connectivity index (χ3v) is 7.43. The van der Waals surface area contributed by atoms with E-state index in [9.17, 15) is 9.90 Å². The molecule has 0 bridgehead atoms. The first-order valence-electron chi connectivity index (χ1n) is 12.6. The maximum absolute atomic E-state index is 11.6. The highest BCUT2D eigenvalue weighted by molar-refractivity contribution is 7.98. The number of nitrogens with zero attached hydrogens (tertiary/aromatic N) is 7. The number of carboxylic acid groups (broad SMARTS) is 1. The van der Waals surface area contributed by atoms with Crippen molar-refractivity contribution in [2.45, 2.75) is 45.2 Å². The first-order valence-corrected chi connectivity index (χ1v) is 14.0. The molecular formula is C25H36N8O2S. The van der Waals surface area contributed by atoms with Crippen LogP contribution in [0, 0.1) is 0 Å². The van der Waals surface area contributed by atoms with Crippen molar-refractivity contribution in [3.63, 3.8) is 0 Å². The number of aliphatic carboxylic acids is 1. The molecule has 2 N–H and O–H groups in total. The summed E-state index contributed by atoms with van der Waals surface area (Å²) in [4.78, 5) is 30.6. The topological polar surface area (TPSA) is 112 Å². The van der Waals surface area contributed by atoms with Crippen LogP contribution in [0.5, 0.6) is 0 Å². The number of hydrogen-bond acceptors (Lipinski definition) is 9. The lowest BCUT2D eigenvalue weighted by atomic mass is 10.0. The minimum absolute atomic E-state index is 0.175. The van der Waals surface area contributed by atoms with Crippen LogP contribution in [-0.4, -0.2) is 86.1 Å². The number of carboxylic acids is 1. The number of rotatable bonds is 11. The monoisotopic (exact) mass is 512 g/mol. The van der Waals surface area contributed by atoms with E-state index in [0.29, 0.717) is 12.4 Å². The van der Waals surface area contributed by atoms with E-state index < -0.39 is 12.0 Å². The molecule has 1 aliphatic heterocycles. The Balaban J connectivity index is 1.58. The summed E-state index contributed by atoms with van der Waals surface area (Å²) in [5.41, 5.74) is 2.78. The molecule has 3 aromatic rings. The molecule has 4 heterocycles. The van der Waals surface area contributed by atoms with Gasteiger partial charge in [0, 0.05) is 69.0 Å². The smallest absolute Gasteiger partial charge is 0.320 e. The van der Waals surface area contributed by atoms with Gasteiger partial charge in [-0.2, -0.15) is 16.9 Å². The fourth-order valence-electron chi connectivity index (χ4n) is 4.74. The van der Waals surface area contributed by atoms with Gasteiger partial charge < -0.3 is 20.2 Å². The molecule has 11 heteroatoms. The quantitative estimate of drug-likeness (QED) is 0.397. The molecule has 0 radical (unpaired) electrons. The van der Waals surface area contributed by atoms with Gasteiger partial charge in [-0.3, -0.25) is 9.48 Å². The molecule has 10 nitrogen and oxygen atoms in total. The number of thioether (sulfide) groups is 1. The van der Waals surface area contributed by atoms with E-state index in [2.05, 4.69) is 34.1 Å². The van der Waals surface area contributed by atoms with Gasteiger partial charge in [0.05, 0.1) is 17.1 Å². The highest BCUT2D eigenvalue weighted by atomic mass is 32.2. The van der Waals surface area contributed by atoms with Gasteiger partial charge >= 0.3 is 5.97 Å². The zero-order chi connectivity index (χ0) is 25.7. The average molecular weight is 513 g/mol. The van der Waals surface area contributed by atoms with E-state index in [1.165, 1.54) is 0 Å². The molecule has 0 aromatic carbocycles. The molecule has 1 atom stereocenters. The third kappa shape index (κ3) is 5.73. The summed E-state index contributed by atoms with van der Waals surface area (Å²) < 4.78 is 1.78. The SMILES string of the molecule is CCN(CC)c1ncc(-c2cnn(C)c2)c2nc(N3CCC(N[C@@H](CCSC)C(=O)O)CC3)ncc12. The Kier molecular flexibility index (Phi) is 8.63. The Labute approximate surface area is 216 Å². The van der Waals surface area contributed by atoms with Crippen LogP contribution in [0.4, 0.5) is 11.8 Å². The van der Waals surface area contributed by atoms with Crippen molar-refractivity contribution in [3.05, 3.63) is 24.8 Å². The number of hydrogen-bond donors (Lipinski definition) is 2. The Bertz CT molecular complexity index is 1170. The van der Waals surface area contributed by atoms with Crippen LogP contribution in [0.2, 0.25) is 0 Å². The van der Waals surface area contributed by atoms with E-state index in [1.807, 2.05) is 38.1 Å². The zero-order valence-electron chi connectivity index (χ0n) is 21.5. The first kappa shape index (κ1) is 26.2. The van der Waals surface area contributed by atoms with Gasteiger partial charge in [0.1, 0.15) is 11.9 Å². The second kappa shape index (κ2) is 11.9. The third-order valence-electron chi connectivity index (χ3n) is 6.79. The van der Waals surface area contributed by atoms with Crippen molar-refractivity contribution in [2.75, 3.05) is 48.0 Å². The predicted molar refractivity (Wildman–Crippen MR) is 146 cm³/mol. The van der Waals surface area contributed by atoms with Crippen molar-refractivity contribution < 1.29 is 9.90 Å². The number of aromatic nitrogens is 5. The maximum atomic E-state index is 11.6. The molecule has 0 amide bonds. The van der Waals surface area contributed by atoms with Crippen LogP contribution in [0.25, 0.3) is 22.0 Å². The Morgan fingerprint density at radius 2 is 1.97 bits per heavy atom. The summed E-state index contributed by atoms with van der Waals surface area (Å²) in [6, 6.07) is -0.326. The zero-order valence-corrected chi connectivity index (χ0v) is 22.3. The lowest BCUT2D eigenvalue weighted by molar-refractivity contribution is -0.139. The summed E-state index contributed by atoms with van der Waals surface area (Å²) in [6.45, 7) is 7.48. The summed E-state index contributed by atoms with van der Waals surface area (Å²) in [5, 5.41) is 18.2. The summed E-state index contributed by atoms with van der Waals surface area (Å²) in [5.74, 6) is 1.64. The second-order valence-corrected chi connectivity index (χ2v) is 10.1. The van der Waals surface area contributed by atoms with E-state index in [1.54, 1.807) is 16.4 Å². The molecule has 0 saturated carbocycles. The largest absolute Gasteiger partial charge is 0.480 e. The molecule has 0 spiro atoms. The fourth-order valence-corrected chi connectivity index (χ4v) is 5.21. The molecule has 0 unspecified atom stereocenters. The Morgan fingerprint density at radius 1 is 1.22 bits per heavy atom. The number of carbonyl (C=O) groups is 1. The number of pyridine rings is 1. The van der Waals surface area contributed by atoms with E-state index in [4.69, 9.17) is 15.0 Å². The Morgan fingerprint density at radius 3 is 2.58 bits per heavy atom. The van der Waals surface area contributed by atoms with E-state index >= 15 is 0 Å². The minimum atomic E-state index is -0.773. The summed E-state index contributed by atoms with van der Waals surface area (Å²) in [6.07, 6.45) is 11.9. The van der Waals surface area contributed by atoms with Gasteiger partial charge in [-0.15, -0.1) is 0 Å². The van der Waals surface area contributed by atoms with Crippen molar-refractivity contribution >= 4 is 40.4 Å². The van der Waals surface area contributed by atoms with Gasteiger partial charge in [-0.1, -0.05) is 0 Å². The van der Waals surface area contributed by atoms with Gasteiger partial charge in [0.25, 0.3) is 0 Å². The number of nitrogens with one attached hydrogen (secondary N) is 1. The van der Waals surface area contributed by atoms with Crippen LogP contribution in [0.3, 0.4) is 0 Å². The molecule has 3 aromatic heterocycles. The number of anilines is 2. The van der Waals surface area contributed by atoms with Crippen LogP contribution < -0.4 is 15.1 Å². The van der Waals surface area contributed by atoms with Crippen LogP contribution in [0.15, 0.2) is 24.8 Å². The van der Waals surface area contributed by atoms with Crippen LogP contribution in [-0.2, 0) is 11.8 Å². The molecular weight excluding hydrogens is 476 g/mol. The number of piperidine rings is 1. The molecule has 0 aliphatic carbocycles. The van der Waals surface area contributed by atoms with Crippen molar-refractivity contribution in [1.29, 1.82) is 0 Å². The standard InChI is InChI=1S/C25H36N8O2S/c1-5-32(6-2)23-20-15-27-25(30-22(20)19(14-26-23)17-13-28-31(3)16-17)33-10-7-18(8-11-33)29-21(24(34)35)9-12-36-4/h13-16,18,21,29H,5-12H2,1-4H3,(H,34,35)/t21-/m0/s1. The summed E-state index contributed by atoms with van der Waals surface area (Å²) >= 11 is 1.67. The molecule has 1 saturated heterocycles. The molecule has 1 aliphatic rings. The fraction of sp³-hybridized carbons (Fsp3) is 0.560. The molecule has 36 heavy (non-hydrogen) atoms. The highest BCUT2D eigenvalue weighted by Gasteiger charge is 2.26. The number of fused-ring (bicyclic) bond motifs is 1. The normalized spacial score (nSPS) is 15.4. The predicted octanol–water partition coefficient (Wildman–Crippen LogP) is 3.04. The van der Waals surface area contributed by atoms with Crippen LogP contribution in [0.1, 0.15) is 33.1 Å². The van der Waals surface area contributed by atoms with Gasteiger partial charge in [-0.25, -0.2) is 15.0 Å². The second-order valence-electron chi connectivity index (χ2n) is 9.10. The van der Waals surface area contributed by atoms with Gasteiger partial charge in [0.2, 0.25) is 5.95 Å². The first-order chi connectivity index (χ1) is 17.4. The Hall–Kier alpha value is -2.92. The summed E-state index contributed by atoms with van der Waals surface area (Å²) in [7, 11) is 1.90. The highest BCUT2D eigenvalue weighted by Crippen LogP contribution is 2.33. The minimum Gasteiger partial charge on any atom is -0.480 e. The van der Waals surface area contributed by atoms with Gasteiger partial charge in [0.15, 0.2) is 0 Å². The molecule has 194 valence electrons. The van der Waals surface area contributed by atoms with Crippen LogP contribution >= 0.6 is 11.8 Å². The van der Waals surface area contributed by atoms with Crippen molar-refractivity contribution in [2.24, 2.45) is 7.05 Å². The van der Waals surface area contributed by atoms with Crippen molar-refractivity contribution in [1.82, 2.24) is 30.0 Å². The van der Waals surface area contributed by atoms with Gasteiger partial charge in [-0.05, 0) is 45.1 Å². The lowest BCUT2D eigenvalue weighted by Gasteiger charge is -2.34. The molecule has 1 fully saturated rings. The van der Waals surface area contributed by atoms with Crippen molar-refractivity contribution in [3.8, 4) is 11.1 Å². The maximum Gasteiger partial charge on any atom is 0.320 e. The lowest BCUT2D eigenvalue weighted by Crippen LogP contribution is -2.49. The van der Waals surface area contributed by atoms with E-state index in [-0.39, 0.29) is 6.04 Å². The average Bonchev–Trinajstić information content (AvgIpc) is 3.33. The number of aryl methyl sites for hydroxylation is 1. The van der Waals surface area contributed by atoms with E-state index in [0.717, 1.165) is 72.6 Å². The molecule has 4 rings (SSSR count).